The summed E-state index contributed by atoms with van der Waals surface area (Å²) >= 11 is 0. The van der Waals surface area contributed by atoms with E-state index in [4.69, 9.17) is 0 Å². The van der Waals surface area contributed by atoms with Crippen LogP contribution in [0.1, 0.15) is 43.4 Å². The average molecular weight is 517 g/mol. The number of carbonyl (C=O) groups is 3. The van der Waals surface area contributed by atoms with Gasteiger partial charge < -0.3 is 5.32 Å². The Morgan fingerprint density at radius 3 is 2.44 bits per heavy atom. The summed E-state index contributed by atoms with van der Waals surface area (Å²) < 4.78 is 13.8. The lowest BCUT2D eigenvalue weighted by Gasteiger charge is -2.34. The normalized spacial score (nSPS) is 26.0. The van der Waals surface area contributed by atoms with Crippen LogP contribution in [0.25, 0.3) is 6.08 Å². The third-order valence-corrected chi connectivity index (χ3v) is 8.37. The molecular formula is C32H23FN3O3+. The summed E-state index contributed by atoms with van der Waals surface area (Å²) in [5.41, 5.74) is 2.39. The average Bonchev–Trinajstić information content (AvgIpc) is 3.45. The quantitative estimate of drug-likeness (QED) is 0.405. The van der Waals surface area contributed by atoms with Crippen molar-refractivity contribution in [2.45, 2.75) is 17.5 Å². The molecule has 190 valence electrons. The highest BCUT2D eigenvalue weighted by Gasteiger charge is 2.74. The van der Waals surface area contributed by atoms with Crippen LogP contribution in [0, 0.1) is 11.7 Å². The Balaban J connectivity index is 1.54. The van der Waals surface area contributed by atoms with Crippen molar-refractivity contribution in [2.24, 2.45) is 5.92 Å². The van der Waals surface area contributed by atoms with Gasteiger partial charge in [-0.05, 0) is 59.7 Å². The Kier molecular flexibility index (Phi) is 5.18. The van der Waals surface area contributed by atoms with Gasteiger partial charge in [0.15, 0.2) is 11.8 Å². The first-order valence-electron chi connectivity index (χ1n) is 12.8. The maximum atomic E-state index is 14.5. The van der Waals surface area contributed by atoms with Gasteiger partial charge in [0.1, 0.15) is 23.2 Å². The molecule has 4 heterocycles. The van der Waals surface area contributed by atoms with E-state index in [-0.39, 0.29) is 23.0 Å². The highest BCUT2D eigenvalue weighted by atomic mass is 19.1. The third kappa shape index (κ3) is 3.23. The molecule has 7 heteroatoms. The lowest BCUT2D eigenvalue weighted by molar-refractivity contribution is -0.884. The summed E-state index contributed by atoms with van der Waals surface area (Å²) in [4.78, 5) is 48.1. The monoisotopic (exact) mass is 516 g/mol. The van der Waals surface area contributed by atoms with Crippen LogP contribution in [0.3, 0.4) is 0 Å². The van der Waals surface area contributed by atoms with Crippen molar-refractivity contribution >= 4 is 29.2 Å². The van der Waals surface area contributed by atoms with E-state index in [0.29, 0.717) is 21.7 Å². The molecule has 0 radical (unpaired) electrons. The fourth-order valence-electron chi connectivity index (χ4n) is 6.85. The Morgan fingerprint density at radius 1 is 0.872 bits per heavy atom. The minimum absolute atomic E-state index is 0.285. The first-order chi connectivity index (χ1) is 19.0. The minimum atomic E-state index is -1.37. The van der Waals surface area contributed by atoms with Crippen molar-refractivity contribution in [1.29, 1.82) is 0 Å². The first-order valence-corrected chi connectivity index (χ1v) is 12.8. The molecule has 1 aromatic heterocycles. The molecule has 2 N–H and O–H groups in total. The number of nitrogens with one attached hydrogen (secondary N) is 2. The van der Waals surface area contributed by atoms with Gasteiger partial charge in [-0.2, -0.15) is 0 Å². The molecule has 0 bridgehead atoms. The van der Waals surface area contributed by atoms with Crippen molar-refractivity contribution in [1.82, 2.24) is 4.98 Å². The van der Waals surface area contributed by atoms with Crippen LogP contribution in [-0.4, -0.2) is 28.5 Å². The van der Waals surface area contributed by atoms with Crippen molar-refractivity contribution in [3.8, 4) is 0 Å². The van der Waals surface area contributed by atoms with Crippen LogP contribution in [-0.2, 0) is 10.2 Å². The lowest BCUT2D eigenvalue weighted by Crippen LogP contribution is -3.12. The van der Waals surface area contributed by atoms with Gasteiger partial charge >= 0.3 is 0 Å². The molecule has 3 aliphatic heterocycles. The van der Waals surface area contributed by atoms with Crippen LogP contribution in [0.15, 0.2) is 104 Å². The Bertz CT molecular complexity index is 1680. The molecule has 5 atom stereocenters. The van der Waals surface area contributed by atoms with Crippen LogP contribution < -0.4 is 10.2 Å². The van der Waals surface area contributed by atoms with Crippen LogP contribution in [0.4, 0.5) is 10.1 Å². The molecule has 0 aliphatic carbocycles. The topological polar surface area (TPSA) is 80.6 Å². The van der Waals surface area contributed by atoms with Crippen LogP contribution in [0.2, 0.25) is 0 Å². The molecule has 1 fully saturated rings. The fourth-order valence-corrected chi connectivity index (χ4v) is 6.85. The molecule has 1 amide bonds. The predicted octanol–water partition coefficient (Wildman–Crippen LogP) is 3.79. The number of halogens is 1. The number of Topliss-reactive ketones (excluding diaryl/α,β-unsaturated/α-hetero) is 2. The molecule has 3 aromatic carbocycles. The number of aromatic nitrogens is 1. The highest BCUT2D eigenvalue weighted by molar-refractivity contribution is 6.15. The zero-order valence-corrected chi connectivity index (χ0v) is 20.7. The number of hydrogen-bond acceptors (Lipinski definition) is 4. The lowest BCUT2D eigenvalue weighted by atomic mass is 9.62. The number of hydrogen-bond donors (Lipinski definition) is 2. The number of rotatable bonds is 4. The fraction of sp³-hybridized carbons (Fsp3) is 0.125. The first kappa shape index (κ1) is 23.4. The number of amides is 1. The maximum Gasteiger partial charge on any atom is 0.242 e. The van der Waals surface area contributed by atoms with E-state index >= 15 is 0 Å². The molecule has 4 aromatic rings. The van der Waals surface area contributed by atoms with Gasteiger partial charge in [0, 0.05) is 34.8 Å². The summed E-state index contributed by atoms with van der Waals surface area (Å²) in [6.45, 7) is 0. The molecule has 7 rings (SSSR count). The van der Waals surface area contributed by atoms with Gasteiger partial charge in [0.25, 0.3) is 0 Å². The second-order valence-corrected chi connectivity index (χ2v) is 10.2. The highest BCUT2D eigenvalue weighted by Crippen LogP contribution is 2.55. The summed E-state index contributed by atoms with van der Waals surface area (Å²) in [7, 11) is 0. The number of pyridine rings is 1. The molecule has 1 spiro atoms. The number of carbonyl (C=O) groups excluding carboxylic acids is 3. The summed E-state index contributed by atoms with van der Waals surface area (Å²) in [5, 5.41) is 3.03. The number of ketones is 2. The molecule has 6 nitrogen and oxygen atoms in total. The molecular weight excluding hydrogens is 493 g/mol. The second-order valence-electron chi connectivity index (χ2n) is 10.2. The number of fused-ring (bicyclic) bond motifs is 6. The van der Waals surface area contributed by atoms with Gasteiger partial charge in [-0.15, -0.1) is 0 Å². The van der Waals surface area contributed by atoms with Crippen molar-refractivity contribution in [3.05, 3.63) is 137 Å². The van der Waals surface area contributed by atoms with Crippen LogP contribution >= 0.6 is 0 Å². The van der Waals surface area contributed by atoms with Crippen molar-refractivity contribution in [2.75, 3.05) is 5.32 Å². The predicted molar refractivity (Wildman–Crippen MR) is 143 cm³/mol. The van der Waals surface area contributed by atoms with Gasteiger partial charge in [0.2, 0.25) is 11.7 Å². The van der Waals surface area contributed by atoms with E-state index in [2.05, 4.69) is 10.3 Å². The number of nitrogens with zero attached hydrogens (tertiary/aromatic N) is 1. The van der Waals surface area contributed by atoms with E-state index in [1.54, 1.807) is 18.3 Å². The van der Waals surface area contributed by atoms with Crippen LogP contribution in [0.5, 0.6) is 0 Å². The zero-order chi connectivity index (χ0) is 26.7. The summed E-state index contributed by atoms with van der Waals surface area (Å²) in [6.07, 6.45) is 6.89. The largest absolute Gasteiger partial charge is 0.325 e. The van der Waals surface area contributed by atoms with Crippen molar-refractivity contribution in [3.63, 3.8) is 0 Å². The van der Waals surface area contributed by atoms with Gasteiger partial charge in [0.05, 0.1) is 6.20 Å². The van der Waals surface area contributed by atoms with E-state index in [1.165, 1.54) is 30.5 Å². The summed E-state index contributed by atoms with van der Waals surface area (Å²) in [5.74, 6) is -2.48. The number of para-hydroxylation sites is 1. The Hall–Kier alpha value is -4.75. The minimum Gasteiger partial charge on any atom is -0.325 e. The summed E-state index contributed by atoms with van der Waals surface area (Å²) in [6, 6.07) is 22.4. The van der Waals surface area contributed by atoms with E-state index in [9.17, 15) is 18.8 Å². The molecule has 4 unspecified atom stereocenters. The maximum absolute atomic E-state index is 14.5. The molecule has 1 saturated heterocycles. The van der Waals surface area contributed by atoms with Gasteiger partial charge in [-0.3, -0.25) is 24.3 Å². The van der Waals surface area contributed by atoms with Gasteiger partial charge in [-0.1, -0.05) is 42.5 Å². The zero-order valence-electron chi connectivity index (χ0n) is 20.7. The number of benzene rings is 3. The standard InChI is InChI=1S/C32H22FN3O3/c33-22-13-11-20(12-14-22)29(38)27-26(28(37)21-7-5-16-34-18-21)32(24-9-3-4-10-25(24)35-31(32)39)30-23-8-2-1-6-19(23)15-17-36(27)30/h1-18,26-27,30H,(H,35,39)/p+1/t26?,27?,30?,32-/m0/s1. The SMILES string of the molecule is O=C(c1ccc(F)cc1)C1C(C(=O)c2cccnc2)[C@]2(C(=O)Nc3ccccc32)C2c3ccccc3C=C[NH+]12. The van der Waals surface area contributed by atoms with E-state index in [1.807, 2.05) is 60.8 Å². The third-order valence-electron chi connectivity index (χ3n) is 8.37. The smallest absolute Gasteiger partial charge is 0.242 e. The molecule has 0 saturated carbocycles. The Morgan fingerprint density at radius 2 is 1.64 bits per heavy atom. The van der Waals surface area contributed by atoms with E-state index < -0.39 is 29.2 Å². The number of anilines is 1. The molecule has 3 aliphatic rings. The second kappa shape index (κ2) is 8.64. The Labute approximate surface area is 223 Å². The van der Waals surface area contributed by atoms with Gasteiger partial charge in [-0.25, -0.2) is 4.39 Å². The molecule has 39 heavy (non-hydrogen) atoms. The van der Waals surface area contributed by atoms with E-state index in [0.717, 1.165) is 11.1 Å². The van der Waals surface area contributed by atoms with Crippen molar-refractivity contribution < 1.29 is 23.7 Å². The number of quaternary nitrogens is 1.